The van der Waals surface area contributed by atoms with Gasteiger partial charge in [0.15, 0.2) is 0 Å². The summed E-state index contributed by atoms with van der Waals surface area (Å²) in [5, 5.41) is 7.46. The number of hydrogen-bond donors (Lipinski definition) is 1. The highest BCUT2D eigenvalue weighted by Crippen LogP contribution is 2.21. The van der Waals surface area contributed by atoms with E-state index in [1.54, 1.807) is 0 Å². The summed E-state index contributed by atoms with van der Waals surface area (Å²) >= 11 is 0. The van der Waals surface area contributed by atoms with Gasteiger partial charge < -0.3 is 14.6 Å². The summed E-state index contributed by atoms with van der Waals surface area (Å²) in [6.07, 6.45) is 0.290. The van der Waals surface area contributed by atoms with Crippen LogP contribution < -0.4 is 5.32 Å². The second-order valence-electron chi connectivity index (χ2n) is 4.41. The van der Waals surface area contributed by atoms with Gasteiger partial charge in [-0.15, -0.1) is 0 Å². The van der Waals surface area contributed by atoms with Gasteiger partial charge >= 0.3 is 0 Å². The predicted molar refractivity (Wildman–Crippen MR) is 56.7 cm³/mol. The number of rotatable bonds is 2. The lowest BCUT2D eigenvalue weighted by molar-refractivity contribution is 0.0133. The maximum Gasteiger partial charge on any atom is 0.139 e. The smallest absolute Gasteiger partial charge is 0.139 e. The summed E-state index contributed by atoms with van der Waals surface area (Å²) in [4.78, 5) is 0. The summed E-state index contributed by atoms with van der Waals surface area (Å²) in [6, 6.07) is 2.19. The molecule has 1 fully saturated rings. The van der Waals surface area contributed by atoms with E-state index in [9.17, 15) is 0 Å². The Morgan fingerprint density at radius 3 is 2.87 bits per heavy atom. The van der Waals surface area contributed by atoms with Crippen molar-refractivity contribution in [3.63, 3.8) is 0 Å². The van der Waals surface area contributed by atoms with Gasteiger partial charge in [-0.1, -0.05) is 19.0 Å². The van der Waals surface area contributed by atoms with Crippen molar-refractivity contribution in [3.8, 4) is 0 Å². The lowest BCUT2D eigenvalue weighted by atomic mass is 10.1. The van der Waals surface area contributed by atoms with Gasteiger partial charge in [-0.3, -0.25) is 0 Å². The Hall–Kier alpha value is -0.870. The Morgan fingerprint density at radius 1 is 1.53 bits per heavy atom. The molecule has 0 radical (unpaired) electrons. The summed E-state index contributed by atoms with van der Waals surface area (Å²) in [7, 11) is 0. The first-order chi connectivity index (χ1) is 7.16. The molecule has 1 aliphatic heterocycles. The van der Waals surface area contributed by atoms with E-state index < -0.39 is 0 Å². The molecule has 1 N–H and O–H groups in total. The standard InChI is InChI=1S/C11H18N2O2/c1-7(2)11-4-9(13-15-11)10-6-14-8(3)5-12-10/h4,7-8,10,12H,5-6H2,1-3H3. The maximum atomic E-state index is 5.57. The molecule has 1 aromatic rings. The van der Waals surface area contributed by atoms with Gasteiger partial charge in [0.2, 0.25) is 0 Å². The quantitative estimate of drug-likeness (QED) is 0.809. The highest BCUT2D eigenvalue weighted by molar-refractivity contribution is 5.13. The first-order valence-electron chi connectivity index (χ1n) is 5.48. The van der Waals surface area contributed by atoms with Crippen LogP contribution in [-0.2, 0) is 4.74 Å². The summed E-state index contributed by atoms with van der Waals surface area (Å²) in [5.41, 5.74) is 0.950. The molecule has 15 heavy (non-hydrogen) atoms. The molecular weight excluding hydrogens is 192 g/mol. The Labute approximate surface area is 90.0 Å². The van der Waals surface area contributed by atoms with E-state index in [0.29, 0.717) is 12.5 Å². The molecule has 0 aliphatic carbocycles. The average molecular weight is 210 g/mol. The molecular formula is C11H18N2O2. The maximum absolute atomic E-state index is 5.57. The minimum Gasteiger partial charge on any atom is -0.375 e. The van der Waals surface area contributed by atoms with Crippen molar-refractivity contribution in [1.82, 2.24) is 10.5 Å². The molecule has 0 spiro atoms. The van der Waals surface area contributed by atoms with E-state index in [1.807, 2.05) is 6.07 Å². The van der Waals surface area contributed by atoms with Crippen LogP contribution in [0.15, 0.2) is 10.6 Å². The third-order valence-electron chi connectivity index (χ3n) is 2.67. The average Bonchev–Trinajstić information content (AvgIpc) is 2.68. The van der Waals surface area contributed by atoms with Crippen molar-refractivity contribution in [2.75, 3.05) is 13.2 Å². The van der Waals surface area contributed by atoms with E-state index in [-0.39, 0.29) is 12.1 Å². The van der Waals surface area contributed by atoms with Crippen molar-refractivity contribution in [2.24, 2.45) is 0 Å². The molecule has 2 unspecified atom stereocenters. The molecule has 2 heterocycles. The van der Waals surface area contributed by atoms with Gasteiger partial charge in [0.05, 0.1) is 18.8 Å². The highest BCUT2D eigenvalue weighted by Gasteiger charge is 2.22. The number of nitrogens with zero attached hydrogens (tertiary/aromatic N) is 1. The SMILES string of the molecule is CC1CNC(c2cc(C(C)C)on2)CO1. The molecule has 84 valence electrons. The lowest BCUT2D eigenvalue weighted by Crippen LogP contribution is -2.39. The van der Waals surface area contributed by atoms with Gasteiger partial charge in [-0.25, -0.2) is 0 Å². The summed E-state index contributed by atoms with van der Waals surface area (Å²) < 4.78 is 10.8. The Morgan fingerprint density at radius 2 is 2.33 bits per heavy atom. The molecule has 1 saturated heterocycles. The molecule has 2 atom stereocenters. The third-order valence-corrected chi connectivity index (χ3v) is 2.67. The van der Waals surface area contributed by atoms with Gasteiger partial charge in [0.25, 0.3) is 0 Å². The molecule has 2 rings (SSSR count). The zero-order valence-corrected chi connectivity index (χ0v) is 9.49. The topological polar surface area (TPSA) is 47.3 Å². The van der Waals surface area contributed by atoms with Crippen molar-refractivity contribution >= 4 is 0 Å². The molecule has 0 saturated carbocycles. The van der Waals surface area contributed by atoms with Crippen LogP contribution in [0.5, 0.6) is 0 Å². The fourth-order valence-corrected chi connectivity index (χ4v) is 1.62. The Bertz CT molecular complexity index is 314. The predicted octanol–water partition coefficient (Wildman–Crippen LogP) is 1.85. The van der Waals surface area contributed by atoms with Crippen LogP contribution in [-0.4, -0.2) is 24.4 Å². The monoisotopic (exact) mass is 210 g/mol. The third kappa shape index (κ3) is 2.38. The molecule has 0 amide bonds. The van der Waals surface area contributed by atoms with Gasteiger partial charge in [0.1, 0.15) is 11.5 Å². The molecule has 0 bridgehead atoms. The number of aromatic nitrogens is 1. The van der Waals surface area contributed by atoms with E-state index in [1.165, 1.54) is 0 Å². The zero-order chi connectivity index (χ0) is 10.8. The largest absolute Gasteiger partial charge is 0.375 e. The molecule has 1 aromatic heterocycles. The van der Waals surface area contributed by atoms with Crippen LogP contribution in [0.25, 0.3) is 0 Å². The van der Waals surface area contributed by atoms with Crippen LogP contribution in [0.3, 0.4) is 0 Å². The van der Waals surface area contributed by atoms with Crippen molar-refractivity contribution in [1.29, 1.82) is 0 Å². The number of hydrogen-bond acceptors (Lipinski definition) is 4. The van der Waals surface area contributed by atoms with Gasteiger partial charge in [-0.2, -0.15) is 0 Å². The molecule has 4 nitrogen and oxygen atoms in total. The fraction of sp³-hybridized carbons (Fsp3) is 0.727. The van der Waals surface area contributed by atoms with Gasteiger partial charge in [-0.05, 0) is 6.92 Å². The highest BCUT2D eigenvalue weighted by atomic mass is 16.5. The normalized spacial score (nSPS) is 27.2. The number of ether oxygens (including phenoxy) is 1. The second kappa shape index (κ2) is 4.33. The Kier molecular flexibility index (Phi) is 3.07. The zero-order valence-electron chi connectivity index (χ0n) is 9.49. The summed E-state index contributed by atoms with van der Waals surface area (Å²) in [6.45, 7) is 7.79. The van der Waals surface area contributed by atoms with Crippen LogP contribution in [0.4, 0.5) is 0 Å². The fourth-order valence-electron chi connectivity index (χ4n) is 1.62. The van der Waals surface area contributed by atoms with E-state index in [0.717, 1.165) is 18.0 Å². The number of morpholine rings is 1. The van der Waals surface area contributed by atoms with Crippen LogP contribution in [0.1, 0.15) is 44.2 Å². The van der Waals surface area contributed by atoms with E-state index >= 15 is 0 Å². The van der Waals surface area contributed by atoms with Crippen molar-refractivity contribution in [3.05, 3.63) is 17.5 Å². The van der Waals surface area contributed by atoms with Crippen LogP contribution in [0, 0.1) is 0 Å². The second-order valence-corrected chi connectivity index (χ2v) is 4.41. The van der Waals surface area contributed by atoms with E-state index in [2.05, 4.69) is 31.2 Å². The molecule has 1 aliphatic rings. The Balaban J connectivity index is 2.03. The van der Waals surface area contributed by atoms with Crippen molar-refractivity contribution < 1.29 is 9.26 Å². The van der Waals surface area contributed by atoms with Gasteiger partial charge in [0, 0.05) is 18.5 Å². The van der Waals surface area contributed by atoms with Crippen LogP contribution in [0.2, 0.25) is 0 Å². The minimum absolute atomic E-state index is 0.178. The molecule has 4 heteroatoms. The minimum atomic E-state index is 0.178. The first-order valence-corrected chi connectivity index (χ1v) is 5.48. The molecule has 0 aromatic carbocycles. The number of nitrogens with one attached hydrogen (secondary N) is 1. The van der Waals surface area contributed by atoms with E-state index in [4.69, 9.17) is 9.26 Å². The summed E-state index contributed by atoms with van der Waals surface area (Å²) in [5.74, 6) is 1.32. The van der Waals surface area contributed by atoms with Crippen molar-refractivity contribution in [2.45, 2.75) is 38.8 Å². The van der Waals surface area contributed by atoms with Crippen LogP contribution >= 0.6 is 0 Å². The lowest BCUT2D eigenvalue weighted by Gasteiger charge is -2.26. The first kappa shape index (κ1) is 10.6.